The molecule has 0 aliphatic carbocycles. The second-order valence-corrected chi connectivity index (χ2v) is 7.94. The van der Waals surface area contributed by atoms with Crippen molar-refractivity contribution in [3.63, 3.8) is 0 Å². The highest BCUT2D eigenvalue weighted by atomic mass is 32.1. The molecule has 2 aliphatic heterocycles. The predicted molar refractivity (Wildman–Crippen MR) is 92.7 cm³/mol. The maximum atomic E-state index is 12.7. The molecule has 2 fully saturated rings. The number of likely N-dealkylation sites (tertiary alicyclic amines) is 1. The molecule has 0 atom stereocenters. The van der Waals surface area contributed by atoms with Crippen molar-refractivity contribution < 1.29 is 9.59 Å². The molecule has 1 spiro atoms. The molecule has 126 valence electrons. The molecule has 2 amide bonds. The van der Waals surface area contributed by atoms with E-state index in [1.54, 1.807) is 11.3 Å². The molecule has 3 rings (SSSR count). The Hall–Kier alpha value is -1.36. The van der Waals surface area contributed by atoms with Crippen molar-refractivity contribution in [2.45, 2.75) is 51.9 Å². The molecular formula is C18H26N2O2S. The number of nitrogens with zero attached hydrogens (tertiary/aromatic N) is 1. The minimum atomic E-state index is 0.182. The Morgan fingerprint density at radius 3 is 2.83 bits per heavy atom. The lowest BCUT2D eigenvalue weighted by molar-refractivity contribution is -0.121. The summed E-state index contributed by atoms with van der Waals surface area (Å²) in [6.07, 6.45) is 6.90. The van der Waals surface area contributed by atoms with Gasteiger partial charge in [-0.1, -0.05) is 13.3 Å². The number of carbonyl (C=O) groups is 2. The lowest BCUT2D eigenvalue weighted by Crippen LogP contribution is -2.43. The molecule has 1 aromatic rings. The third kappa shape index (κ3) is 3.77. The molecule has 3 heterocycles. The van der Waals surface area contributed by atoms with Gasteiger partial charge in [-0.3, -0.25) is 9.59 Å². The quantitative estimate of drug-likeness (QED) is 0.922. The number of rotatable bonds is 3. The summed E-state index contributed by atoms with van der Waals surface area (Å²) in [6, 6.07) is 2.06. The third-order valence-corrected chi connectivity index (χ3v) is 6.36. The van der Waals surface area contributed by atoms with Crippen LogP contribution in [0.5, 0.6) is 0 Å². The number of thiophene rings is 1. The number of amides is 2. The molecule has 1 aromatic heterocycles. The number of carbonyl (C=O) groups excluding carboxylic acids is 2. The van der Waals surface area contributed by atoms with Crippen LogP contribution in [0.15, 0.2) is 11.4 Å². The van der Waals surface area contributed by atoms with Gasteiger partial charge in [0.2, 0.25) is 5.91 Å². The Bertz CT molecular complexity index is 573. The van der Waals surface area contributed by atoms with Gasteiger partial charge in [0.25, 0.3) is 5.91 Å². The van der Waals surface area contributed by atoms with Gasteiger partial charge in [-0.2, -0.15) is 0 Å². The van der Waals surface area contributed by atoms with E-state index in [-0.39, 0.29) is 17.2 Å². The van der Waals surface area contributed by atoms with Crippen LogP contribution >= 0.6 is 11.3 Å². The van der Waals surface area contributed by atoms with Crippen LogP contribution in [-0.4, -0.2) is 36.3 Å². The molecular weight excluding hydrogens is 308 g/mol. The number of hydrogen-bond donors (Lipinski definition) is 1. The van der Waals surface area contributed by atoms with Crippen molar-refractivity contribution in [1.29, 1.82) is 0 Å². The molecule has 2 aliphatic rings. The van der Waals surface area contributed by atoms with E-state index in [9.17, 15) is 9.59 Å². The van der Waals surface area contributed by atoms with Gasteiger partial charge in [-0.15, -0.1) is 11.3 Å². The highest BCUT2D eigenvalue weighted by Crippen LogP contribution is 2.40. The topological polar surface area (TPSA) is 49.4 Å². The van der Waals surface area contributed by atoms with E-state index in [0.29, 0.717) is 6.42 Å². The first-order chi connectivity index (χ1) is 11.1. The second kappa shape index (κ2) is 7.04. The maximum Gasteiger partial charge on any atom is 0.254 e. The molecule has 4 nitrogen and oxygen atoms in total. The number of hydrogen-bond acceptors (Lipinski definition) is 3. The van der Waals surface area contributed by atoms with Crippen LogP contribution in [0.3, 0.4) is 0 Å². The van der Waals surface area contributed by atoms with Crippen LogP contribution in [0, 0.1) is 5.41 Å². The highest BCUT2D eigenvalue weighted by Gasteiger charge is 2.37. The molecule has 2 saturated heterocycles. The van der Waals surface area contributed by atoms with Gasteiger partial charge >= 0.3 is 0 Å². The van der Waals surface area contributed by atoms with Gasteiger partial charge in [0, 0.05) is 36.3 Å². The van der Waals surface area contributed by atoms with E-state index in [1.807, 2.05) is 10.3 Å². The SMILES string of the molecule is CCCc1cc(C(=O)N2CCC3(CCNC(=O)CC3)CC2)cs1. The summed E-state index contributed by atoms with van der Waals surface area (Å²) in [6.45, 7) is 4.60. The monoisotopic (exact) mass is 334 g/mol. The molecule has 23 heavy (non-hydrogen) atoms. The molecule has 0 bridgehead atoms. The van der Waals surface area contributed by atoms with E-state index in [0.717, 1.165) is 63.7 Å². The highest BCUT2D eigenvalue weighted by molar-refractivity contribution is 7.10. The smallest absolute Gasteiger partial charge is 0.254 e. The van der Waals surface area contributed by atoms with Crippen molar-refractivity contribution in [3.8, 4) is 0 Å². The average molecular weight is 334 g/mol. The van der Waals surface area contributed by atoms with Crippen molar-refractivity contribution in [2.75, 3.05) is 19.6 Å². The zero-order chi connectivity index (χ0) is 16.3. The van der Waals surface area contributed by atoms with Crippen LogP contribution in [0.1, 0.15) is 60.7 Å². The molecule has 0 unspecified atom stereocenters. The summed E-state index contributed by atoms with van der Waals surface area (Å²) in [4.78, 5) is 27.5. The minimum Gasteiger partial charge on any atom is -0.356 e. The maximum absolute atomic E-state index is 12.7. The Kier molecular flexibility index (Phi) is 5.05. The van der Waals surface area contributed by atoms with Gasteiger partial charge < -0.3 is 10.2 Å². The van der Waals surface area contributed by atoms with E-state index in [2.05, 4.69) is 18.3 Å². The number of aryl methyl sites for hydroxylation is 1. The van der Waals surface area contributed by atoms with Crippen molar-refractivity contribution in [1.82, 2.24) is 10.2 Å². The first-order valence-electron chi connectivity index (χ1n) is 8.75. The summed E-state index contributed by atoms with van der Waals surface area (Å²) in [5, 5.41) is 4.98. The summed E-state index contributed by atoms with van der Waals surface area (Å²) in [5.41, 5.74) is 1.12. The van der Waals surface area contributed by atoms with Crippen molar-refractivity contribution >= 4 is 23.2 Å². The van der Waals surface area contributed by atoms with E-state index in [1.165, 1.54) is 4.88 Å². The van der Waals surface area contributed by atoms with E-state index < -0.39 is 0 Å². The van der Waals surface area contributed by atoms with Crippen LogP contribution in [0.4, 0.5) is 0 Å². The molecule has 0 aromatic carbocycles. The molecule has 0 radical (unpaired) electrons. The minimum absolute atomic E-state index is 0.182. The fourth-order valence-corrected chi connectivity index (χ4v) is 4.76. The predicted octanol–water partition coefficient (Wildman–Crippen LogP) is 3.22. The number of piperidine rings is 1. The van der Waals surface area contributed by atoms with Crippen LogP contribution in [-0.2, 0) is 11.2 Å². The Balaban J connectivity index is 1.59. The molecule has 1 N–H and O–H groups in total. The lowest BCUT2D eigenvalue weighted by atomic mass is 9.73. The molecule has 0 saturated carbocycles. The fourth-order valence-electron chi connectivity index (χ4n) is 3.80. The normalized spacial score (nSPS) is 21.1. The zero-order valence-corrected chi connectivity index (χ0v) is 14.7. The number of nitrogens with one attached hydrogen (secondary N) is 1. The first-order valence-corrected chi connectivity index (χ1v) is 9.63. The lowest BCUT2D eigenvalue weighted by Gasteiger charge is -2.41. The van der Waals surface area contributed by atoms with Gasteiger partial charge in [-0.05, 0) is 43.6 Å². The van der Waals surface area contributed by atoms with Crippen LogP contribution < -0.4 is 5.32 Å². The van der Waals surface area contributed by atoms with Gasteiger partial charge in [0.15, 0.2) is 0 Å². The second-order valence-electron chi connectivity index (χ2n) is 6.94. The zero-order valence-electron chi connectivity index (χ0n) is 13.9. The van der Waals surface area contributed by atoms with E-state index >= 15 is 0 Å². The van der Waals surface area contributed by atoms with E-state index in [4.69, 9.17) is 0 Å². The van der Waals surface area contributed by atoms with Crippen molar-refractivity contribution in [2.24, 2.45) is 5.41 Å². The van der Waals surface area contributed by atoms with Crippen molar-refractivity contribution in [3.05, 3.63) is 21.9 Å². The van der Waals surface area contributed by atoms with Gasteiger partial charge in [0.1, 0.15) is 0 Å². The Morgan fingerprint density at radius 1 is 1.30 bits per heavy atom. The summed E-state index contributed by atoms with van der Waals surface area (Å²) < 4.78 is 0. The first kappa shape index (κ1) is 16.5. The van der Waals surface area contributed by atoms with Crippen LogP contribution in [0.2, 0.25) is 0 Å². The fraction of sp³-hybridized carbons (Fsp3) is 0.667. The summed E-state index contributed by atoms with van der Waals surface area (Å²) in [7, 11) is 0. The summed E-state index contributed by atoms with van der Waals surface area (Å²) >= 11 is 1.70. The van der Waals surface area contributed by atoms with Gasteiger partial charge in [0.05, 0.1) is 5.56 Å². The standard InChI is InChI=1S/C18H26N2O2S/c1-2-3-15-12-14(13-23-15)17(22)20-10-7-18(8-11-20)5-4-16(21)19-9-6-18/h12-13H,2-11H2,1H3,(H,19,21). The van der Waals surface area contributed by atoms with Gasteiger partial charge in [-0.25, -0.2) is 0 Å². The van der Waals surface area contributed by atoms with Crippen LogP contribution in [0.25, 0.3) is 0 Å². The average Bonchev–Trinajstić information content (AvgIpc) is 2.95. The Labute approximate surface area is 142 Å². The molecule has 5 heteroatoms. The third-order valence-electron chi connectivity index (χ3n) is 5.37. The Morgan fingerprint density at radius 2 is 2.09 bits per heavy atom. The summed E-state index contributed by atoms with van der Waals surface area (Å²) in [5.74, 6) is 0.364. The largest absolute Gasteiger partial charge is 0.356 e.